The molecule has 1 saturated heterocycles. The minimum Gasteiger partial charge on any atom is -0.409 e. The van der Waals surface area contributed by atoms with E-state index in [0.717, 1.165) is 0 Å². The third-order valence-electron chi connectivity index (χ3n) is 3.25. The average molecular weight is 295 g/mol. The van der Waals surface area contributed by atoms with Gasteiger partial charge in [0, 0.05) is 39.1 Å². The number of amides is 1. The monoisotopic (exact) mass is 295 g/mol. The van der Waals surface area contributed by atoms with Gasteiger partial charge < -0.3 is 20.3 Å². The topological polar surface area (TPSA) is 122 Å². The predicted octanol–water partition coefficient (Wildman–Crippen LogP) is -1.70. The van der Waals surface area contributed by atoms with Gasteiger partial charge in [-0.15, -0.1) is 0 Å². The van der Waals surface area contributed by atoms with Crippen LogP contribution in [-0.4, -0.2) is 60.0 Å². The van der Waals surface area contributed by atoms with Gasteiger partial charge in [0.15, 0.2) is 0 Å². The average Bonchev–Trinajstić information content (AvgIpc) is 2.48. The Labute approximate surface area is 120 Å². The molecule has 2 heterocycles. The van der Waals surface area contributed by atoms with Crippen molar-refractivity contribution in [3.8, 4) is 5.88 Å². The van der Waals surface area contributed by atoms with Crippen molar-refractivity contribution in [2.75, 3.05) is 37.6 Å². The third-order valence-corrected chi connectivity index (χ3v) is 3.25. The summed E-state index contributed by atoms with van der Waals surface area (Å²) in [6.07, 6.45) is 1.69. The lowest BCUT2D eigenvalue weighted by Crippen LogP contribution is -2.49. The van der Waals surface area contributed by atoms with Gasteiger partial charge in [0.25, 0.3) is 6.47 Å². The molecule has 1 aliphatic rings. The zero-order chi connectivity index (χ0) is 15.2. The van der Waals surface area contributed by atoms with Crippen LogP contribution in [0.3, 0.4) is 0 Å². The number of nitrogens with two attached hydrogens (primary N) is 1. The van der Waals surface area contributed by atoms with E-state index in [9.17, 15) is 14.4 Å². The van der Waals surface area contributed by atoms with Crippen molar-refractivity contribution in [3.63, 3.8) is 0 Å². The van der Waals surface area contributed by atoms with Crippen molar-refractivity contribution < 1.29 is 14.3 Å². The Hall–Kier alpha value is -2.42. The lowest BCUT2D eigenvalue weighted by Gasteiger charge is -2.36. The van der Waals surface area contributed by atoms with E-state index in [4.69, 9.17) is 10.5 Å². The van der Waals surface area contributed by atoms with Gasteiger partial charge in [0.1, 0.15) is 5.69 Å². The van der Waals surface area contributed by atoms with Crippen molar-refractivity contribution in [2.45, 2.75) is 6.42 Å². The molecule has 2 rings (SSSR count). The summed E-state index contributed by atoms with van der Waals surface area (Å²) in [4.78, 5) is 43.0. The molecule has 9 heteroatoms. The van der Waals surface area contributed by atoms with Crippen LogP contribution in [-0.2, 0) is 9.59 Å². The van der Waals surface area contributed by atoms with Crippen LogP contribution in [0.1, 0.15) is 6.42 Å². The number of carbonyl (C=O) groups excluding carboxylic acids is 2. The second-order valence-corrected chi connectivity index (χ2v) is 4.52. The maximum atomic E-state index is 11.8. The van der Waals surface area contributed by atoms with E-state index >= 15 is 0 Å². The second-order valence-electron chi connectivity index (χ2n) is 4.52. The SMILES string of the molecule is NCCC(=O)N1CCN(c2cnc(=O)[nH]c2OC=O)CC1. The summed E-state index contributed by atoms with van der Waals surface area (Å²) in [6, 6.07) is 0. The fourth-order valence-corrected chi connectivity index (χ4v) is 2.21. The maximum absolute atomic E-state index is 11.8. The number of nitrogens with one attached hydrogen (secondary N) is 1. The number of hydrogen-bond donors (Lipinski definition) is 2. The lowest BCUT2D eigenvalue weighted by molar-refractivity contribution is -0.131. The normalized spacial score (nSPS) is 14.9. The predicted molar refractivity (Wildman–Crippen MR) is 74.0 cm³/mol. The number of anilines is 1. The number of ether oxygens (including phenoxy) is 1. The smallest absolute Gasteiger partial charge is 0.347 e. The van der Waals surface area contributed by atoms with Crippen molar-refractivity contribution in [2.24, 2.45) is 5.73 Å². The van der Waals surface area contributed by atoms with E-state index in [-0.39, 0.29) is 18.3 Å². The van der Waals surface area contributed by atoms with Crippen molar-refractivity contribution >= 4 is 18.1 Å². The largest absolute Gasteiger partial charge is 0.409 e. The standard InChI is InChI=1S/C12H17N5O4/c13-2-1-10(19)17-5-3-16(4-6-17)9-7-14-12(20)15-11(9)21-8-18/h7-8H,1-6,13H2,(H,14,15,20). The van der Waals surface area contributed by atoms with E-state index < -0.39 is 5.69 Å². The molecule has 0 saturated carbocycles. The zero-order valence-electron chi connectivity index (χ0n) is 11.4. The van der Waals surface area contributed by atoms with Gasteiger partial charge in [0.2, 0.25) is 11.8 Å². The van der Waals surface area contributed by atoms with Crippen molar-refractivity contribution in [1.29, 1.82) is 0 Å². The summed E-state index contributed by atoms with van der Waals surface area (Å²) in [7, 11) is 0. The zero-order valence-corrected chi connectivity index (χ0v) is 11.4. The van der Waals surface area contributed by atoms with Crippen LogP contribution < -0.4 is 21.1 Å². The molecule has 1 fully saturated rings. The van der Waals surface area contributed by atoms with Gasteiger partial charge in [-0.2, -0.15) is 4.98 Å². The molecule has 0 aliphatic carbocycles. The highest BCUT2D eigenvalue weighted by Gasteiger charge is 2.23. The van der Waals surface area contributed by atoms with Crippen LogP contribution in [0.5, 0.6) is 5.88 Å². The number of carbonyl (C=O) groups is 2. The van der Waals surface area contributed by atoms with Gasteiger partial charge in [-0.05, 0) is 0 Å². The van der Waals surface area contributed by atoms with E-state index in [2.05, 4.69) is 9.97 Å². The minimum absolute atomic E-state index is 0.0288. The van der Waals surface area contributed by atoms with E-state index in [0.29, 0.717) is 44.8 Å². The van der Waals surface area contributed by atoms with Crippen LogP contribution in [0.4, 0.5) is 5.69 Å². The first kappa shape index (κ1) is 15.0. The molecule has 0 aromatic carbocycles. The van der Waals surface area contributed by atoms with Crippen molar-refractivity contribution in [3.05, 3.63) is 16.7 Å². The first-order valence-corrected chi connectivity index (χ1v) is 6.58. The molecule has 9 nitrogen and oxygen atoms in total. The molecule has 1 aromatic rings. The molecule has 0 unspecified atom stereocenters. The fraction of sp³-hybridized carbons (Fsp3) is 0.500. The molecule has 0 radical (unpaired) electrons. The van der Waals surface area contributed by atoms with E-state index in [1.54, 1.807) is 4.90 Å². The number of hydrogen-bond acceptors (Lipinski definition) is 7. The molecule has 0 atom stereocenters. The van der Waals surface area contributed by atoms with Crippen LogP contribution in [0.15, 0.2) is 11.0 Å². The molecule has 3 N–H and O–H groups in total. The number of aromatic nitrogens is 2. The van der Waals surface area contributed by atoms with Crippen LogP contribution in [0.25, 0.3) is 0 Å². The first-order chi connectivity index (χ1) is 10.2. The van der Waals surface area contributed by atoms with Gasteiger partial charge in [-0.1, -0.05) is 0 Å². The number of H-pyrrole nitrogens is 1. The van der Waals surface area contributed by atoms with Gasteiger partial charge in [-0.3, -0.25) is 14.6 Å². The number of rotatable bonds is 5. The minimum atomic E-state index is -0.590. The van der Waals surface area contributed by atoms with Crippen LogP contribution in [0, 0.1) is 0 Å². The summed E-state index contributed by atoms with van der Waals surface area (Å²) < 4.78 is 4.77. The number of aromatic amines is 1. The molecule has 114 valence electrons. The van der Waals surface area contributed by atoms with Gasteiger partial charge in [-0.25, -0.2) is 4.79 Å². The summed E-state index contributed by atoms with van der Waals surface area (Å²) in [5.41, 5.74) is 5.30. The Morgan fingerprint density at radius 2 is 2.14 bits per heavy atom. The molecule has 1 aliphatic heterocycles. The summed E-state index contributed by atoms with van der Waals surface area (Å²) in [5.74, 6) is 0.0906. The van der Waals surface area contributed by atoms with Crippen LogP contribution >= 0.6 is 0 Å². The number of piperazine rings is 1. The Bertz CT molecular complexity index is 565. The first-order valence-electron chi connectivity index (χ1n) is 6.58. The summed E-state index contributed by atoms with van der Waals surface area (Å²) in [6.45, 7) is 2.77. The number of nitrogens with zero attached hydrogens (tertiary/aromatic N) is 3. The quantitative estimate of drug-likeness (QED) is 0.621. The van der Waals surface area contributed by atoms with E-state index in [1.807, 2.05) is 4.90 Å². The molecule has 1 amide bonds. The maximum Gasteiger partial charge on any atom is 0.347 e. The highest BCUT2D eigenvalue weighted by atomic mass is 16.5. The summed E-state index contributed by atoms with van der Waals surface area (Å²) in [5, 5.41) is 0. The molecular formula is C12H17N5O4. The van der Waals surface area contributed by atoms with Gasteiger partial charge in [0.05, 0.1) is 6.20 Å². The second kappa shape index (κ2) is 6.84. The Balaban J connectivity index is 2.07. The molecule has 0 spiro atoms. The van der Waals surface area contributed by atoms with Gasteiger partial charge >= 0.3 is 5.69 Å². The van der Waals surface area contributed by atoms with Crippen LogP contribution in [0.2, 0.25) is 0 Å². The Kier molecular flexibility index (Phi) is 4.88. The molecule has 21 heavy (non-hydrogen) atoms. The lowest BCUT2D eigenvalue weighted by atomic mass is 10.2. The molecule has 1 aromatic heterocycles. The molecule has 0 bridgehead atoms. The summed E-state index contributed by atoms with van der Waals surface area (Å²) >= 11 is 0. The third kappa shape index (κ3) is 3.57. The molecular weight excluding hydrogens is 278 g/mol. The van der Waals surface area contributed by atoms with Crippen molar-refractivity contribution in [1.82, 2.24) is 14.9 Å². The fourth-order valence-electron chi connectivity index (χ4n) is 2.21. The highest BCUT2D eigenvalue weighted by Crippen LogP contribution is 2.24. The Morgan fingerprint density at radius 3 is 2.76 bits per heavy atom. The van der Waals surface area contributed by atoms with E-state index in [1.165, 1.54) is 6.20 Å². The Morgan fingerprint density at radius 1 is 1.43 bits per heavy atom. The highest BCUT2D eigenvalue weighted by molar-refractivity contribution is 5.76.